The van der Waals surface area contributed by atoms with Gasteiger partial charge in [-0.15, -0.1) is 0 Å². The van der Waals surface area contributed by atoms with Crippen molar-refractivity contribution in [3.63, 3.8) is 0 Å². The first-order chi connectivity index (χ1) is 8.15. The maximum atomic E-state index is 12.8. The number of halogens is 3. The molecule has 0 spiro atoms. The second kappa shape index (κ2) is 5.78. The van der Waals surface area contributed by atoms with Gasteiger partial charge in [-0.05, 0) is 41.8 Å². The summed E-state index contributed by atoms with van der Waals surface area (Å²) in [6, 6.07) is 14.8. The van der Waals surface area contributed by atoms with Crippen molar-refractivity contribution in [3.05, 3.63) is 69.9 Å². The van der Waals surface area contributed by atoms with Crippen molar-refractivity contribution in [2.75, 3.05) is 0 Å². The summed E-state index contributed by atoms with van der Waals surface area (Å²) in [5, 5.41) is 0. The first-order valence-electron chi connectivity index (χ1n) is 5.29. The first-order valence-corrected chi connectivity index (χ1v) is 7.00. The van der Waals surface area contributed by atoms with Crippen LogP contribution in [-0.4, -0.2) is 0 Å². The summed E-state index contributed by atoms with van der Waals surface area (Å²) in [7, 11) is 0. The second-order valence-electron chi connectivity index (χ2n) is 3.85. The molecule has 0 saturated heterocycles. The fraction of sp³-hybridized carbons (Fsp3) is 0.143. The molecule has 2 aromatic rings. The molecule has 0 aromatic heterocycles. The minimum atomic E-state index is -0.191. The third-order valence-electron chi connectivity index (χ3n) is 2.56. The molecule has 0 amide bonds. The van der Waals surface area contributed by atoms with E-state index in [0.717, 1.165) is 16.5 Å². The summed E-state index contributed by atoms with van der Waals surface area (Å²) in [6.45, 7) is 0. The van der Waals surface area contributed by atoms with Gasteiger partial charge in [0.1, 0.15) is 5.82 Å². The fourth-order valence-electron chi connectivity index (χ4n) is 1.62. The Hall–Kier alpha value is -0.670. The average Bonchev–Trinajstić information content (AvgIpc) is 2.33. The van der Waals surface area contributed by atoms with E-state index in [2.05, 4.69) is 44.0 Å². The lowest BCUT2D eigenvalue weighted by Crippen LogP contribution is -1.95. The van der Waals surface area contributed by atoms with Gasteiger partial charge >= 0.3 is 0 Å². The molecule has 0 N–H and O–H groups in total. The molecule has 0 heterocycles. The molecule has 1 atom stereocenters. The van der Waals surface area contributed by atoms with Gasteiger partial charge in [0.05, 0.1) is 0 Å². The lowest BCUT2D eigenvalue weighted by atomic mass is 10.0. The number of hydrogen-bond acceptors (Lipinski definition) is 0. The quantitative estimate of drug-likeness (QED) is 0.656. The summed E-state index contributed by atoms with van der Waals surface area (Å²) < 4.78 is 13.8. The van der Waals surface area contributed by atoms with Crippen molar-refractivity contribution in [1.29, 1.82) is 0 Å². The van der Waals surface area contributed by atoms with Gasteiger partial charge in [0.15, 0.2) is 0 Å². The summed E-state index contributed by atoms with van der Waals surface area (Å²) in [5.41, 5.74) is 2.34. The van der Waals surface area contributed by atoms with Gasteiger partial charge in [-0.2, -0.15) is 0 Å². The van der Waals surface area contributed by atoms with Crippen molar-refractivity contribution < 1.29 is 4.39 Å². The van der Waals surface area contributed by atoms with Crippen LogP contribution in [0.5, 0.6) is 0 Å². The Balaban J connectivity index is 2.08. The van der Waals surface area contributed by atoms with E-state index in [9.17, 15) is 4.39 Å². The Morgan fingerprint density at radius 1 is 0.941 bits per heavy atom. The molecule has 3 heteroatoms. The van der Waals surface area contributed by atoms with Crippen LogP contribution in [0, 0.1) is 5.82 Å². The maximum absolute atomic E-state index is 12.8. The van der Waals surface area contributed by atoms with Gasteiger partial charge in [0.2, 0.25) is 0 Å². The van der Waals surface area contributed by atoms with Crippen LogP contribution < -0.4 is 0 Å². The Kier molecular flexibility index (Phi) is 4.35. The molecule has 2 aromatic carbocycles. The normalized spacial score (nSPS) is 12.4. The topological polar surface area (TPSA) is 0 Å². The molecule has 0 saturated carbocycles. The van der Waals surface area contributed by atoms with Gasteiger partial charge in [0.25, 0.3) is 0 Å². The molecule has 0 radical (unpaired) electrons. The zero-order valence-corrected chi connectivity index (χ0v) is 12.2. The van der Waals surface area contributed by atoms with E-state index in [-0.39, 0.29) is 10.6 Å². The molecule has 0 aliphatic heterocycles. The van der Waals surface area contributed by atoms with Crippen LogP contribution >= 0.6 is 31.9 Å². The molecule has 0 aliphatic rings. The lowest BCUT2D eigenvalue weighted by molar-refractivity contribution is 0.627. The Labute approximate surface area is 117 Å². The zero-order valence-electron chi connectivity index (χ0n) is 9.04. The van der Waals surface area contributed by atoms with E-state index < -0.39 is 0 Å². The molecule has 0 aliphatic carbocycles. The van der Waals surface area contributed by atoms with E-state index in [1.807, 2.05) is 24.3 Å². The fourth-order valence-corrected chi connectivity index (χ4v) is 2.56. The Bertz CT molecular complexity index is 477. The molecule has 0 fully saturated rings. The second-order valence-corrected chi connectivity index (χ2v) is 5.87. The highest BCUT2D eigenvalue weighted by Crippen LogP contribution is 2.28. The van der Waals surface area contributed by atoms with E-state index in [4.69, 9.17) is 0 Å². The monoisotopic (exact) mass is 356 g/mol. The predicted molar refractivity (Wildman–Crippen MR) is 75.9 cm³/mol. The van der Waals surface area contributed by atoms with Crippen LogP contribution in [-0.2, 0) is 6.42 Å². The summed E-state index contributed by atoms with van der Waals surface area (Å²) in [4.78, 5) is 0.251. The average molecular weight is 358 g/mol. The van der Waals surface area contributed by atoms with E-state index >= 15 is 0 Å². The SMILES string of the molecule is Fc1ccc(CC(Br)c2ccc(Br)cc2)cc1. The molecule has 0 bridgehead atoms. The van der Waals surface area contributed by atoms with E-state index in [1.54, 1.807) is 0 Å². The number of alkyl halides is 1. The molecule has 2 rings (SSSR count). The van der Waals surface area contributed by atoms with E-state index in [1.165, 1.54) is 17.7 Å². The third kappa shape index (κ3) is 3.65. The Morgan fingerprint density at radius 2 is 1.53 bits per heavy atom. The third-order valence-corrected chi connectivity index (χ3v) is 3.94. The molecule has 88 valence electrons. The molecular weight excluding hydrogens is 347 g/mol. The molecule has 1 unspecified atom stereocenters. The van der Waals surface area contributed by atoms with Crippen molar-refractivity contribution in [3.8, 4) is 0 Å². The summed E-state index contributed by atoms with van der Waals surface area (Å²) >= 11 is 7.07. The number of hydrogen-bond donors (Lipinski definition) is 0. The van der Waals surface area contributed by atoms with Crippen molar-refractivity contribution in [2.45, 2.75) is 11.2 Å². The van der Waals surface area contributed by atoms with Crippen LogP contribution in [0.1, 0.15) is 16.0 Å². The van der Waals surface area contributed by atoms with Gasteiger partial charge in [0, 0.05) is 9.30 Å². The van der Waals surface area contributed by atoms with Gasteiger partial charge in [-0.1, -0.05) is 56.1 Å². The summed E-state index contributed by atoms with van der Waals surface area (Å²) in [6.07, 6.45) is 0.849. The predicted octanol–water partition coefficient (Wildman–Crippen LogP) is 5.27. The van der Waals surface area contributed by atoms with Gasteiger partial charge < -0.3 is 0 Å². The molecule has 0 nitrogen and oxygen atoms in total. The number of benzene rings is 2. The van der Waals surface area contributed by atoms with E-state index in [0.29, 0.717) is 0 Å². The highest BCUT2D eigenvalue weighted by atomic mass is 79.9. The van der Waals surface area contributed by atoms with Gasteiger partial charge in [-0.3, -0.25) is 0 Å². The Morgan fingerprint density at radius 3 is 2.12 bits per heavy atom. The smallest absolute Gasteiger partial charge is 0.123 e. The van der Waals surface area contributed by atoms with Crippen molar-refractivity contribution in [2.24, 2.45) is 0 Å². The van der Waals surface area contributed by atoms with Crippen LogP contribution in [0.4, 0.5) is 4.39 Å². The largest absolute Gasteiger partial charge is 0.207 e. The minimum absolute atomic E-state index is 0.191. The number of rotatable bonds is 3. The molecule has 17 heavy (non-hydrogen) atoms. The van der Waals surface area contributed by atoms with Crippen molar-refractivity contribution in [1.82, 2.24) is 0 Å². The zero-order chi connectivity index (χ0) is 12.3. The van der Waals surface area contributed by atoms with Crippen LogP contribution in [0.3, 0.4) is 0 Å². The highest BCUT2D eigenvalue weighted by molar-refractivity contribution is 9.10. The summed E-state index contributed by atoms with van der Waals surface area (Å²) in [5.74, 6) is -0.191. The van der Waals surface area contributed by atoms with Crippen molar-refractivity contribution >= 4 is 31.9 Å². The minimum Gasteiger partial charge on any atom is -0.207 e. The van der Waals surface area contributed by atoms with Gasteiger partial charge in [-0.25, -0.2) is 4.39 Å². The molecular formula is C14H11Br2F. The first kappa shape index (κ1) is 12.8. The highest BCUT2D eigenvalue weighted by Gasteiger charge is 2.08. The van der Waals surface area contributed by atoms with Crippen LogP contribution in [0.25, 0.3) is 0 Å². The standard InChI is InChI=1S/C14H11Br2F/c15-12-5-3-11(4-6-12)14(16)9-10-1-7-13(17)8-2-10/h1-8,14H,9H2. The van der Waals surface area contributed by atoms with Crippen LogP contribution in [0.2, 0.25) is 0 Å². The van der Waals surface area contributed by atoms with Crippen LogP contribution in [0.15, 0.2) is 53.0 Å². The maximum Gasteiger partial charge on any atom is 0.123 e. The lowest BCUT2D eigenvalue weighted by Gasteiger charge is -2.10.